The maximum Gasteiger partial charge on any atom is 0.164 e. The number of ether oxygens (including phenoxy) is 2. The highest BCUT2D eigenvalue weighted by molar-refractivity contribution is 5.84. The van der Waals surface area contributed by atoms with Gasteiger partial charge in [-0.05, 0) is 37.1 Å². The van der Waals surface area contributed by atoms with Crippen LogP contribution >= 0.6 is 0 Å². The highest BCUT2D eigenvalue weighted by Crippen LogP contribution is 2.20. The third-order valence-electron chi connectivity index (χ3n) is 4.99. The molecule has 1 aromatic carbocycles. The molecule has 0 saturated heterocycles. The minimum Gasteiger partial charge on any atom is -0.380 e. The van der Waals surface area contributed by atoms with Gasteiger partial charge in [-0.25, -0.2) is 9.97 Å². The minimum atomic E-state index is 0.314. The van der Waals surface area contributed by atoms with Crippen molar-refractivity contribution in [2.75, 3.05) is 25.1 Å². The molecule has 0 aliphatic carbocycles. The van der Waals surface area contributed by atoms with E-state index in [0.29, 0.717) is 36.0 Å². The van der Waals surface area contributed by atoms with Gasteiger partial charge in [0.25, 0.3) is 0 Å². The molecule has 10 heteroatoms. The summed E-state index contributed by atoms with van der Waals surface area (Å²) in [6.45, 7) is 4.32. The molecule has 0 aliphatic heterocycles. The molecule has 2 heterocycles. The average Bonchev–Trinajstić information content (AvgIpc) is 2.85. The van der Waals surface area contributed by atoms with E-state index in [9.17, 15) is 10.5 Å². The number of hydrazone groups is 2. The highest BCUT2D eigenvalue weighted by Gasteiger charge is 2.12. The van der Waals surface area contributed by atoms with Crippen LogP contribution < -0.4 is 10.9 Å². The molecule has 2 aromatic heterocycles. The van der Waals surface area contributed by atoms with Gasteiger partial charge in [-0.1, -0.05) is 24.3 Å². The van der Waals surface area contributed by atoms with E-state index in [1.165, 1.54) is 0 Å². The Hall–Kier alpha value is -4.64. The maximum absolute atomic E-state index is 9.51. The number of methoxy groups -OCH3 is 2. The largest absolute Gasteiger partial charge is 0.380 e. The van der Waals surface area contributed by atoms with Gasteiger partial charge in [-0.15, -0.1) is 0 Å². The Morgan fingerprint density at radius 2 is 1.17 bits per heavy atom. The van der Waals surface area contributed by atoms with Gasteiger partial charge in [0.05, 0.1) is 25.6 Å². The van der Waals surface area contributed by atoms with E-state index in [2.05, 4.69) is 43.2 Å². The second-order valence-electron chi connectivity index (χ2n) is 7.79. The lowest BCUT2D eigenvalue weighted by molar-refractivity contribution is 0.184. The van der Waals surface area contributed by atoms with Crippen LogP contribution in [0, 0.1) is 36.5 Å². The summed E-state index contributed by atoms with van der Waals surface area (Å²) >= 11 is 0. The molecule has 0 bridgehead atoms. The van der Waals surface area contributed by atoms with Crippen molar-refractivity contribution in [3.8, 4) is 12.1 Å². The number of pyridine rings is 2. The molecule has 2 N–H and O–H groups in total. The Labute approximate surface area is 209 Å². The molecule has 0 unspecified atom stereocenters. The van der Waals surface area contributed by atoms with E-state index in [-0.39, 0.29) is 0 Å². The third kappa shape index (κ3) is 6.70. The Morgan fingerprint density at radius 1 is 0.778 bits per heavy atom. The summed E-state index contributed by atoms with van der Waals surface area (Å²) < 4.78 is 10.3. The Balaban J connectivity index is 1.67. The lowest BCUT2D eigenvalue weighted by Crippen LogP contribution is -2.03. The van der Waals surface area contributed by atoms with E-state index in [4.69, 9.17) is 9.47 Å². The molecule has 10 nitrogen and oxygen atoms in total. The first-order valence-corrected chi connectivity index (χ1v) is 11.0. The van der Waals surface area contributed by atoms with Gasteiger partial charge in [-0.2, -0.15) is 20.7 Å². The molecule has 0 amide bonds. The zero-order valence-corrected chi connectivity index (χ0v) is 20.5. The summed E-state index contributed by atoms with van der Waals surface area (Å²) in [5, 5.41) is 27.5. The summed E-state index contributed by atoms with van der Waals surface area (Å²) in [5.41, 5.74) is 11.2. The van der Waals surface area contributed by atoms with E-state index in [1.807, 2.05) is 50.2 Å². The second kappa shape index (κ2) is 12.7. The van der Waals surface area contributed by atoms with Crippen molar-refractivity contribution in [3.63, 3.8) is 0 Å². The van der Waals surface area contributed by atoms with Crippen molar-refractivity contribution in [2.24, 2.45) is 10.2 Å². The highest BCUT2D eigenvalue weighted by atomic mass is 16.5. The molecule has 36 heavy (non-hydrogen) atoms. The van der Waals surface area contributed by atoms with Crippen LogP contribution in [0.15, 0.2) is 46.6 Å². The van der Waals surface area contributed by atoms with Crippen molar-refractivity contribution in [3.05, 3.63) is 81.2 Å². The van der Waals surface area contributed by atoms with Crippen LogP contribution in [0.4, 0.5) is 11.6 Å². The summed E-state index contributed by atoms with van der Waals surface area (Å²) in [6.07, 6.45) is 3.26. The van der Waals surface area contributed by atoms with Crippen molar-refractivity contribution in [1.29, 1.82) is 10.5 Å². The van der Waals surface area contributed by atoms with Gasteiger partial charge in [0, 0.05) is 36.7 Å². The Bertz CT molecular complexity index is 1250. The van der Waals surface area contributed by atoms with Gasteiger partial charge in [0.15, 0.2) is 11.6 Å². The average molecular weight is 483 g/mol. The Morgan fingerprint density at radius 3 is 1.50 bits per heavy atom. The van der Waals surface area contributed by atoms with Crippen LogP contribution in [0.3, 0.4) is 0 Å². The van der Waals surface area contributed by atoms with E-state index in [1.54, 1.807) is 26.6 Å². The number of nitrogens with zero attached hydrogens (tertiary/aromatic N) is 6. The standard InChI is InChI=1S/C26H26N8O2/c1-17-9-21(15-35-3)23(11-27)25(31-17)33-29-13-19-5-7-20(8-6-19)14-30-34-26-24(12-28)22(16-36-4)10-18(2)32-26/h5-10,13-14H,15-16H2,1-4H3,(H,31,33)(H,32,34)/b29-13+,30-14+. The lowest BCUT2D eigenvalue weighted by Gasteiger charge is -2.09. The summed E-state index contributed by atoms with van der Waals surface area (Å²) in [4.78, 5) is 8.73. The number of rotatable bonds is 10. The molecular formula is C26H26N8O2. The zero-order valence-electron chi connectivity index (χ0n) is 20.5. The van der Waals surface area contributed by atoms with Gasteiger partial charge < -0.3 is 9.47 Å². The molecule has 0 atom stereocenters. The maximum atomic E-state index is 9.51. The van der Waals surface area contributed by atoms with Gasteiger partial charge >= 0.3 is 0 Å². The Kier molecular flexibility index (Phi) is 9.18. The number of hydrogen-bond donors (Lipinski definition) is 2. The molecule has 182 valence electrons. The number of aryl methyl sites for hydroxylation is 2. The first-order chi connectivity index (χ1) is 17.5. The molecule has 0 fully saturated rings. The van der Waals surface area contributed by atoms with Gasteiger partial charge in [-0.3, -0.25) is 10.9 Å². The number of benzene rings is 1. The summed E-state index contributed by atoms with van der Waals surface area (Å²) in [6, 6.07) is 15.5. The molecule has 3 rings (SSSR count). The fourth-order valence-corrected chi connectivity index (χ4v) is 3.44. The predicted octanol–water partition coefficient (Wildman–Crippen LogP) is 4.02. The topological polar surface area (TPSA) is 141 Å². The SMILES string of the molecule is COCc1cc(C)nc(N/N=C/c2ccc(/C=N/Nc3nc(C)cc(COC)c3C#N)cc2)c1C#N. The summed E-state index contributed by atoms with van der Waals surface area (Å²) in [5.74, 6) is 0.761. The quantitative estimate of drug-likeness (QED) is 0.326. The predicted molar refractivity (Wildman–Crippen MR) is 138 cm³/mol. The minimum absolute atomic E-state index is 0.314. The van der Waals surface area contributed by atoms with Gasteiger partial charge in [0.2, 0.25) is 0 Å². The van der Waals surface area contributed by atoms with Crippen LogP contribution in [-0.2, 0) is 22.7 Å². The second-order valence-corrected chi connectivity index (χ2v) is 7.79. The first-order valence-electron chi connectivity index (χ1n) is 11.0. The van der Waals surface area contributed by atoms with E-state index < -0.39 is 0 Å². The smallest absolute Gasteiger partial charge is 0.164 e. The summed E-state index contributed by atoms with van der Waals surface area (Å²) in [7, 11) is 3.16. The molecule has 0 spiro atoms. The van der Waals surface area contributed by atoms with Crippen molar-refractivity contribution >= 4 is 24.1 Å². The molecule has 0 saturated carbocycles. The lowest BCUT2D eigenvalue weighted by atomic mass is 10.1. The zero-order chi connectivity index (χ0) is 25.9. The fraction of sp³-hybridized carbons (Fsp3) is 0.231. The first kappa shape index (κ1) is 26.0. The molecular weight excluding hydrogens is 456 g/mol. The number of aromatic nitrogens is 2. The van der Waals surface area contributed by atoms with Gasteiger partial charge in [0.1, 0.15) is 23.3 Å². The third-order valence-corrected chi connectivity index (χ3v) is 4.99. The molecule has 0 radical (unpaired) electrons. The van der Waals surface area contributed by atoms with Crippen LogP contribution in [0.1, 0.15) is 44.8 Å². The number of anilines is 2. The molecule has 0 aliphatic rings. The van der Waals surface area contributed by atoms with Crippen LogP contribution in [-0.4, -0.2) is 36.6 Å². The van der Waals surface area contributed by atoms with Crippen LogP contribution in [0.2, 0.25) is 0 Å². The fourth-order valence-electron chi connectivity index (χ4n) is 3.44. The number of hydrogen-bond acceptors (Lipinski definition) is 10. The molecule has 3 aromatic rings. The number of nitrogens with one attached hydrogen (secondary N) is 2. The normalized spacial score (nSPS) is 10.9. The van der Waals surface area contributed by atoms with Crippen molar-refractivity contribution < 1.29 is 9.47 Å². The van der Waals surface area contributed by atoms with Crippen LogP contribution in [0.25, 0.3) is 0 Å². The van der Waals surface area contributed by atoms with Crippen molar-refractivity contribution in [1.82, 2.24) is 9.97 Å². The van der Waals surface area contributed by atoms with Crippen molar-refractivity contribution in [2.45, 2.75) is 27.1 Å². The monoisotopic (exact) mass is 482 g/mol. The van der Waals surface area contributed by atoms with E-state index >= 15 is 0 Å². The van der Waals surface area contributed by atoms with Crippen LogP contribution in [0.5, 0.6) is 0 Å². The van der Waals surface area contributed by atoms with E-state index in [0.717, 1.165) is 33.6 Å². The number of nitriles is 2.